The maximum atomic E-state index is 10.9. The Kier molecular flexibility index (Phi) is 18.8. The summed E-state index contributed by atoms with van der Waals surface area (Å²) in [5.41, 5.74) is 8.16. The Labute approximate surface area is 148 Å². The monoisotopic (exact) mass is 339 g/mol. The van der Waals surface area contributed by atoms with Gasteiger partial charge in [0.05, 0.1) is 7.11 Å². The first kappa shape index (κ1) is 22.8. The zero-order valence-corrected chi connectivity index (χ0v) is 15.7. The van der Waals surface area contributed by atoms with E-state index in [9.17, 15) is 4.79 Å². The van der Waals surface area contributed by atoms with E-state index >= 15 is 0 Å². The van der Waals surface area contributed by atoms with E-state index in [2.05, 4.69) is 14.8 Å². The summed E-state index contributed by atoms with van der Waals surface area (Å²) < 4.78 is 4.63. The Hall–Kier alpha value is -1.22. The normalized spacial score (nSPS) is 10.4. The summed E-state index contributed by atoms with van der Waals surface area (Å²) in [5, 5.41) is 3.55. The molecule has 0 rings (SSSR count). The van der Waals surface area contributed by atoms with Gasteiger partial charge in [-0.2, -0.15) is 0 Å². The number of methoxy groups -OCH3 is 1. The number of ether oxygens (including phenoxy) is 1. The van der Waals surface area contributed by atoms with E-state index in [1.54, 1.807) is 0 Å². The summed E-state index contributed by atoms with van der Waals surface area (Å²) in [6, 6.07) is 0. The van der Waals surface area contributed by atoms with E-state index in [0.29, 0.717) is 13.0 Å². The van der Waals surface area contributed by atoms with E-state index in [-0.39, 0.29) is 5.97 Å². The van der Waals surface area contributed by atoms with E-state index in [1.165, 1.54) is 84.2 Å². The van der Waals surface area contributed by atoms with Gasteiger partial charge in [-0.3, -0.25) is 4.79 Å². The Morgan fingerprint density at radius 1 is 0.750 bits per heavy atom. The highest BCUT2D eigenvalue weighted by Crippen LogP contribution is 2.13. The third-order valence-corrected chi connectivity index (χ3v) is 4.43. The van der Waals surface area contributed by atoms with Crippen LogP contribution in [0, 0.1) is 0 Å². The molecular weight excluding hydrogens is 302 g/mol. The van der Waals surface area contributed by atoms with Crippen LogP contribution in [-0.4, -0.2) is 19.6 Å². The van der Waals surface area contributed by atoms with Crippen molar-refractivity contribution in [1.29, 1.82) is 0 Å². The molecule has 0 fully saturated rings. The van der Waals surface area contributed by atoms with Gasteiger partial charge in [-0.05, 0) is 18.4 Å². The van der Waals surface area contributed by atoms with Crippen molar-refractivity contribution in [1.82, 2.24) is 0 Å². The lowest BCUT2D eigenvalue weighted by Crippen LogP contribution is -1.99. The summed E-state index contributed by atoms with van der Waals surface area (Å²) in [6.45, 7) is 0.655. The lowest BCUT2D eigenvalue weighted by Gasteiger charge is -2.03. The quantitative estimate of drug-likeness (QED) is 0.0914. The van der Waals surface area contributed by atoms with Gasteiger partial charge in [0.1, 0.15) is 0 Å². The maximum absolute atomic E-state index is 10.9. The fourth-order valence-corrected chi connectivity index (χ4v) is 2.90. The van der Waals surface area contributed by atoms with Crippen LogP contribution >= 0.6 is 0 Å². The number of carbonyl (C=O) groups is 1. The number of hydrogen-bond acceptors (Lipinski definition) is 3. The Bertz CT molecular complexity index is 329. The smallest absolute Gasteiger partial charge is 0.305 e. The number of azide groups is 1. The zero-order chi connectivity index (χ0) is 17.7. The van der Waals surface area contributed by atoms with Crippen LogP contribution in [0.3, 0.4) is 0 Å². The molecule has 0 aliphatic rings. The van der Waals surface area contributed by atoms with Crippen LogP contribution in [0.4, 0.5) is 0 Å². The minimum absolute atomic E-state index is 0.0804. The molecule has 0 heterocycles. The number of rotatable bonds is 18. The predicted molar refractivity (Wildman–Crippen MR) is 99.9 cm³/mol. The molecule has 0 N–H and O–H groups in total. The van der Waals surface area contributed by atoms with Crippen molar-refractivity contribution >= 4 is 5.97 Å². The fourth-order valence-electron chi connectivity index (χ4n) is 2.90. The van der Waals surface area contributed by atoms with Gasteiger partial charge in [-0.25, -0.2) is 0 Å². The molecule has 0 aromatic rings. The van der Waals surface area contributed by atoms with Gasteiger partial charge in [0, 0.05) is 17.9 Å². The topological polar surface area (TPSA) is 75.1 Å². The molecule has 5 nitrogen and oxygen atoms in total. The predicted octanol–water partition coefficient (Wildman–Crippen LogP) is 6.71. The lowest BCUT2D eigenvalue weighted by molar-refractivity contribution is -0.140. The molecule has 5 heteroatoms. The number of carbonyl (C=O) groups excluding carboxylic acids is 1. The molecule has 24 heavy (non-hydrogen) atoms. The van der Waals surface area contributed by atoms with Gasteiger partial charge < -0.3 is 4.74 Å². The first-order valence-electron chi connectivity index (χ1n) is 9.89. The summed E-state index contributed by atoms with van der Waals surface area (Å²) in [5.74, 6) is -0.0804. The van der Waals surface area contributed by atoms with E-state index in [1.807, 2.05) is 0 Å². The fraction of sp³-hybridized carbons (Fsp3) is 0.947. The van der Waals surface area contributed by atoms with Crippen molar-refractivity contribution in [2.75, 3.05) is 13.7 Å². The Balaban J connectivity index is 3.02. The second kappa shape index (κ2) is 19.8. The molecule has 0 aliphatic carbocycles. The average Bonchev–Trinajstić information content (AvgIpc) is 2.60. The zero-order valence-electron chi connectivity index (χ0n) is 15.7. The molecule has 0 spiro atoms. The summed E-state index contributed by atoms with van der Waals surface area (Å²) >= 11 is 0. The van der Waals surface area contributed by atoms with E-state index in [0.717, 1.165) is 19.3 Å². The number of unbranched alkanes of at least 4 members (excludes halogenated alkanes) is 14. The molecule has 0 radical (unpaired) electrons. The number of esters is 1. The van der Waals surface area contributed by atoms with Crippen molar-refractivity contribution in [3.63, 3.8) is 0 Å². The van der Waals surface area contributed by atoms with Crippen LogP contribution < -0.4 is 0 Å². The molecule has 0 bridgehead atoms. The molecule has 0 amide bonds. The maximum Gasteiger partial charge on any atom is 0.305 e. The van der Waals surface area contributed by atoms with E-state index < -0.39 is 0 Å². The van der Waals surface area contributed by atoms with Crippen molar-refractivity contribution in [3.05, 3.63) is 10.4 Å². The summed E-state index contributed by atoms with van der Waals surface area (Å²) in [6.07, 6.45) is 19.6. The van der Waals surface area contributed by atoms with Crippen LogP contribution in [0.1, 0.15) is 103 Å². The van der Waals surface area contributed by atoms with Gasteiger partial charge in [-0.1, -0.05) is 88.6 Å². The minimum atomic E-state index is -0.0804. The van der Waals surface area contributed by atoms with Gasteiger partial charge in [0.15, 0.2) is 0 Å². The molecule has 0 aromatic carbocycles. The minimum Gasteiger partial charge on any atom is -0.469 e. The number of hydrogen-bond donors (Lipinski definition) is 0. The molecule has 0 unspecified atom stereocenters. The van der Waals surface area contributed by atoms with Gasteiger partial charge in [0.2, 0.25) is 0 Å². The van der Waals surface area contributed by atoms with Gasteiger partial charge in [-0.15, -0.1) is 0 Å². The van der Waals surface area contributed by atoms with Crippen molar-refractivity contribution < 1.29 is 9.53 Å². The van der Waals surface area contributed by atoms with Gasteiger partial charge >= 0.3 is 5.97 Å². The van der Waals surface area contributed by atoms with Crippen molar-refractivity contribution in [2.45, 2.75) is 103 Å². The standard InChI is InChI=1S/C19H37N3O2/c1-24-19(23)17-15-13-11-9-7-5-3-2-4-6-8-10-12-14-16-18-21-22-20/h2-18H2,1H3. The highest BCUT2D eigenvalue weighted by Gasteiger charge is 1.99. The van der Waals surface area contributed by atoms with Crippen molar-refractivity contribution in [2.24, 2.45) is 5.11 Å². The molecule has 0 saturated heterocycles. The average molecular weight is 340 g/mol. The Morgan fingerprint density at radius 2 is 1.12 bits per heavy atom. The highest BCUT2D eigenvalue weighted by atomic mass is 16.5. The summed E-state index contributed by atoms with van der Waals surface area (Å²) in [4.78, 5) is 13.7. The molecule has 0 aliphatic heterocycles. The second-order valence-electron chi connectivity index (χ2n) is 6.58. The van der Waals surface area contributed by atoms with Crippen molar-refractivity contribution in [3.8, 4) is 0 Å². The first-order chi connectivity index (χ1) is 11.8. The van der Waals surface area contributed by atoms with E-state index in [4.69, 9.17) is 5.53 Å². The van der Waals surface area contributed by atoms with Gasteiger partial charge in [0.25, 0.3) is 0 Å². The third-order valence-electron chi connectivity index (χ3n) is 4.43. The molecule has 140 valence electrons. The Morgan fingerprint density at radius 3 is 1.50 bits per heavy atom. The second-order valence-corrected chi connectivity index (χ2v) is 6.58. The molecule has 0 saturated carbocycles. The van der Waals surface area contributed by atoms with Crippen LogP contribution in [0.15, 0.2) is 5.11 Å². The van der Waals surface area contributed by atoms with Crippen LogP contribution in [0.2, 0.25) is 0 Å². The molecule has 0 atom stereocenters. The molecular formula is C19H37N3O2. The first-order valence-corrected chi connectivity index (χ1v) is 9.89. The SMILES string of the molecule is COC(=O)CCCCCCCCCCCCCCCCCN=[N+]=[N-]. The van der Waals surface area contributed by atoms with Crippen LogP contribution in [0.25, 0.3) is 10.4 Å². The highest BCUT2D eigenvalue weighted by molar-refractivity contribution is 5.68. The largest absolute Gasteiger partial charge is 0.469 e. The third kappa shape index (κ3) is 18.8. The summed E-state index contributed by atoms with van der Waals surface area (Å²) in [7, 11) is 1.46. The number of nitrogens with zero attached hydrogens (tertiary/aromatic N) is 3. The van der Waals surface area contributed by atoms with Crippen LogP contribution in [0.5, 0.6) is 0 Å². The van der Waals surface area contributed by atoms with Crippen LogP contribution in [-0.2, 0) is 9.53 Å². The lowest BCUT2D eigenvalue weighted by atomic mass is 10.0. The molecule has 0 aromatic heterocycles.